The average molecular weight is 405 g/mol. The number of anilines is 1. The van der Waals surface area contributed by atoms with Crippen molar-refractivity contribution in [3.8, 4) is 0 Å². The van der Waals surface area contributed by atoms with Crippen LogP contribution in [0.25, 0.3) is 10.8 Å². The monoisotopic (exact) mass is 404 g/mol. The molecule has 0 radical (unpaired) electrons. The van der Waals surface area contributed by atoms with Crippen molar-refractivity contribution in [2.45, 2.75) is 31.8 Å². The Labute approximate surface area is 176 Å². The van der Waals surface area contributed by atoms with E-state index in [9.17, 15) is 4.79 Å². The van der Waals surface area contributed by atoms with Gasteiger partial charge in [0.15, 0.2) is 5.11 Å². The molecule has 0 unspecified atom stereocenters. The second kappa shape index (κ2) is 8.57. The fourth-order valence-electron chi connectivity index (χ4n) is 3.93. The minimum Gasteiger partial charge on any atom is -0.348 e. The standard InChI is InChI=1S/C23H24N4OS/c1-16(19-11-4-8-17-7-2-3-10-20(17)19)25-22(28)21-12-6-14-27(21)23(29)26-18-9-5-13-24-15-18/h2-5,7-11,13,15-16,21H,6,12,14H2,1H3,(H,25,28)(H,26,29)/t16-,21-/m0/s1. The van der Waals surface area contributed by atoms with Gasteiger partial charge in [-0.3, -0.25) is 9.78 Å². The molecule has 5 nitrogen and oxygen atoms in total. The first-order chi connectivity index (χ1) is 14.1. The molecule has 2 heterocycles. The maximum absolute atomic E-state index is 13.1. The van der Waals surface area contributed by atoms with E-state index in [2.05, 4.69) is 39.9 Å². The number of carbonyl (C=O) groups is 1. The highest BCUT2D eigenvalue weighted by Gasteiger charge is 2.33. The van der Waals surface area contributed by atoms with Gasteiger partial charge in [0.2, 0.25) is 5.91 Å². The van der Waals surface area contributed by atoms with Crippen molar-refractivity contribution in [3.63, 3.8) is 0 Å². The second-order valence-corrected chi connectivity index (χ2v) is 7.71. The van der Waals surface area contributed by atoms with Gasteiger partial charge in [-0.2, -0.15) is 0 Å². The van der Waals surface area contributed by atoms with Gasteiger partial charge in [-0.15, -0.1) is 0 Å². The molecule has 0 bridgehead atoms. The number of hydrogen-bond acceptors (Lipinski definition) is 3. The molecule has 1 amide bonds. The van der Waals surface area contributed by atoms with Gasteiger partial charge in [-0.1, -0.05) is 42.5 Å². The number of nitrogens with zero attached hydrogens (tertiary/aromatic N) is 2. The number of rotatable bonds is 4. The zero-order valence-electron chi connectivity index (χ0n) is 16.3. The lowest BCUT2D eigenvalue weighted by Gasteiger charge is -2.28. The van der Waals surface area contributed by atoms with Crippen LogP contribution in [-0.2, 0) is 4.79 Å². The maximum Gasteiger partial charge on any atom is 0.243 e. The number of nitrogens with one attached hydrogen (secondary N) is 2. The van der Waals surface area contributed by atoms with Crippen LogP contribution in [0, 0.1) is 0 Å². The third-order valence-corrected chi connectivity index (χ3v) is 5.71. The van der Waals surface area contributed by atoms with Crippen molar-refractivity contribution < 1.29 is 4.79 Å². The molecule has 0 spiro atoms. The Kier molecular flexibility index (Phi) is 5.71. The molecule has 6 heteroatoms. The molecule has 3 aromatic rings. The summed E-state index contributed by atoms with van der Waals surface area (Å²) in [5.41, 5.74) is 1.95. The van der Waals surface area contributed by atoms with Gasteiger partial charge in [0.05, 0.1) is 17.9 Å². The molecular formula is C23H24N4OS. The highest BCUT2D eigenvalue weighted by atomic mass is 32.1. The largest absolute Gasteiger partial charge is 0.348 e. The molecule has 2 atom stereocenters. The molecule has 4 rings (SSSR count). The van der Waals surface area contributed by atoms with E-state index < -0.39 is 0 Å². The van der Waals surface area contributed by atoms with Gasteiger partial charge in [0.25, 0.3) is 0 Å². The van der Waals surface area contributed by atoms with Crippen molar-refractivity contribution in [2.75, 3.05) is 11.9 Å². The van der Waals surface area contributed by atoms with E-state index in [0.717, 1.165) is 30.6 Å². The number of benzene rings is 2. The highest BCUT2D eigenvalue weighted by molar-refractivity contribution is 7.80. The number of carbonyl (C=O) groups excluding carboxylic acids is 1. The minimum atomic E-state index is -0.260. The van der Waals surface area contributed by atoms with E-state index in [-0.39, 0.29) is 18.0 Å². The van der Waals surface area contributed by atoms with Gasteiger partial charge >= 0.3 is 0 Å². The zero-order valence-corrected chi connectivity index (χ0v) is 17.2. The summed E-state index contributed by atoms with van der Waals surface area (Å²) in [5.74, 6) is 0.0123. The third kappa shape index (κ3) is 4.22. The first kappa shape index (κ1) is 19.3. The van der Waals surface area contributed by atoms with Gasteiger partial charge in [0.1, 0.15) is 6.04 Å². The fraction of sp³-hybridized carbons (Fsp3) is 0.261. The van der Waals surface area contributed by atoms with Gasteiger partial charge < -0.3 is 15.5 Å². The molecule has 0 aliphatic carbocycles. The zero-order chi connectivity index (χ0) is 20.2. The van der Waals surface area contributed by atoms with Crippen LogP contribution in [0.1, 0.15) is 31.4 Å². The number of hydrogen-bond donors (Lipinski definition) is 2. The van der Waals surface area contributed by atoms with Crippen molar-refractivity contribution in [1.82, 2.24) is 15.2 Å². The first-order valence-corrected chi connectivity index (χ1v) is 10.3. The Morgan fingerprint density at radius 2 is 2.00 bits per heavy atom. The second-order valence-electron chi connectivity index (χ2n) is 7.32. The third-order valence-electron chi connectivity index (χ3n) is 5.38. The molecule has 1 aliphatic rings. The van der Waals surface area contributed by atoms with Crippen LogP contribution in [0.3, 0.4) is 0 Å². The summed E-state index contributed by atoms with van der Waals surface area (Å²) in [6.45, 7) is 2.80. The number of likely N-dealkylation sites (tertiary alicyclic amines) is 1. The molecule has 1 aliphatic heterocycles. The van der Waals surface area contributed by atoms with E-state index in [4.69, 9.17) is 12.2 Å². The van der Waals surface area contributed by atoms with Crippen LogP contribution in [0.15, 0.2) is 67.0 Å². The Hall–Kier alpha value is -2.99. The van der Waals surface area contributed by atoms with E-state index in [0.29, 0.717) is 5.11 Å². The van der Waals surface area contributed by atoms with Crippen molar-refractivity contribution in [3.05, 3.63) is 72.6 Å². The molecule has 0 saturated carbocycles. The van der Waals surface area contributed by atoms with Crippen molar-refractivity contribution in [2.24, 2.45) is 0 Å². The van der Waals surface area contributed by atoms with Crippen LogP contribution in [0.5, 0.6) is 0 Å². The summed E-state index contributed by atoms with van der Waals surface area (Å²) in [6.07, 6.45) is 5.17. The topological polar surface area (TPSA) is 57.3 Å². The van der Waals surface area contributed by atoms with Crippen LogP contribution in [0.2, 0.25) is 0 Å². The van der Waals surface area contributed by atoms with E-state index in [1.165, 1.54) is 10.8 Å². The first-order valence-electron chi connectivity index (χ1n) is 9.89. The van der Waals surface area contributed by atoms with Gasteiger partial charge in [0, 0.05) is 12.7 Å². The smallest absolute Gasteiger partial charge is 0.243 e. The maximum atomic E-state index is 13.1. The molecular weight excluding hydrogens is 380 g/mol. The summed E-state index contributed by atoms with van der Waals surface area (Å²) in [4.78, 5) is 19.2. The van der Waals surface area contributed by atoms with Crippen LogP contribution < -0.4 is 10.6 Å². The summed E-state index contributed by atoms with van der Waals surface area (Å²) >= 11 is 5.57. The normalized spacial score (nSPS) is 17.1. The van der Waals surface area contributed by atoms with Crippen LogP contribution >= 0.6 is 12.2 Å². The summed E-state index contributed by atoms with van der Waals surface area (Å²) in [5, 5.41) is 9.30. The fourth-order valence-corrected chi connectivity index (χ4v) is 4.27. The predicted molar refractivity (Wildman–Crippen MR) is 121 cm³/mol. The number of fused-ring (bicyclic) bond motifs is 1. The lowest BCUT2D eigenvalue weighted by atomic mass is 9.99. The summed E-state index contributed by atoms with van der Waals surface area (Å²) in [7, 11) is 0. The summed E-state index contributed by atoms with van der Waals surface area (Å²) in [6, 6.07) is 17.9. The number of aromatic nitrogens is 1. The molecule has 2 N–H and O–H groups in total. The molecule has 1 saturated heterocycles. The molecule has 1 fully saturated rings. The molecule has 2 aromatic carbocycles. The molecule has 1 aromatic heterocycles. The lowest BCUT2D eigenvalue weighted by molar-refractivity contribution is -0.125. The lowest BCUT2D eigenvalue weighted by Crippen LogP contribution is -2.47. The highest BCUT2D eigenvalue weighted by Crippen LogP contribution is 2.25. The Bertz CT molecular complexity index is 1020. The quantitative estimate of drug-likeness (QED) is 0.636. The molecule has 148 valence electrons. The number of pyridine rings is 1. The van der Waals surface area contributed by atoms with Crippen molar-refractivity contribution in [1.29, 1.82) is 0 Å². The van der Waals surface area contributed by atoms with E-state index in [1.807, 2.05) is 42.2 Å². The van der Waals surface area contributed by atoms with Gasteiger partial charge in [-0.25, -0.2) is 0 Å². The van der Waals surface area contributed by atoms with Crippen LogP contribution in [0.4, 0.5) is 5.69 Å². The minimum absolute atomic E-state index is 0.0123. The van der Waals surface area contributed by atoms with E-state index in [1.54, 1.807) is 12.4 Å². The molecule has 29 heavy (non-hydrogen) atoms. The number of thiocarbonyl (C=S) groups is 1. The average Bonchev–Trinajstić information content (AvgIpc) is 3.24. The Morgan fingerprint density at radius 1 is 1.17 bits per heavy atom. The number of amides is 1. The predicted octanol–water partition coefficient (Wildman–Crippen LogP) is 4.27. The van der Waals surface area contributed by atoms with Crippen molar-refractivity contribution >= 4 is 39.7 Å². The Balaban J connectivity index is 1.46. The van der Waals surface area contributed by atoms with Crippen LogP contribution in [-0.4, -0.2) is 33.5 Å². The SMILES string of the molecule is C[C@H](NC(=O)[C@@H]1CCCN1C(=S)Nc1cccnc1)c1cccc2ccccc12. The van der Waals surface area contributed by atoms with E-state index >= 15 is 0 Å². The summed E-state index contributed by atoms with van der Waals surface area (Å²) < 4.78 is 0. The van der Waals surface area contributed by atoms with Gasteiger partial charge in [-0.05, 0) is 60.5 Å². The Morgan fingerprint density at radius 3 is 2.83 bits per heavy atom.